The van der Waals surface area contributed by atoms with E-state index in [1.165, 1.54) is 161 Å². The summed E-state index contributed by atoms with van der Waals surface area (Å²) >= 11 is 0. The quantitative estimate of drug-likeness (QED) is 0.0261. The Bertz CT molecular complexity index is 1610. The number of allylic oxidation sites excluding steroid dienone is 18. The fourth-order valence-corrected chi connectivity index (χ4v) is 9.53. The Morgan fingerprint density at radius 1 is 0.263 bits per heavy atom. The maximum atomic E-state index is 12.9. The normalized spacial score (nSPS) is 12.8. The Balaban J connectivity index is 4.38. The lowest BCUT2D eigenvalue weighted by atomic mass is 10.0. The molecule has 0 fully saturated rings. The number of hydrogen-bond donors (Lipinski definition) is 0. The summed E-state index contributed by atoms with van der Waals surface area (Å²) < 4.78 is 16.9. The van der Waals surface area contributed by atoms with Crippen LogP contribution in [0.3, 0.4) is 0 Å². The highest BCUT2D eigenvalue weighted by molar-refractivity contribution is 5.71. The van der Waals surface area contributed by atoms with Gasteiger partial charge in [0.15, 0.2) is 6.10 Å². The molecule has 0 aromatic carbocycles. The van der Waals surface area contributed by atoms with Gasteiger partial charge >= 0.3 is 17.9 Å². The van der Waals surface area contributed by atoms with Crippen molar-refractivity contribution in [3.8, 4) is 0 Å². The van der Waals surface area contributed by atoms with Gasteiger partial charge in [-0.15, -0.1) is 0 Å². The molecule has 0 heterocycles. The third-order valence-electron chi connectivity index (χ3n) is 14.5. The predicted octanol–water partition coefficient (Wildman–Crippen LogP) is 23.4. The first-order chi connectivity index (χ1) is 39.5. The third kappa shape index (κ3) is 64.9. The third-order valence-corrected chi connectivity index (χ3v) is 14.5. The van der Waals surface area contributed by atoms with Crippen LogP contribution in [0.5, 0.6) is 0 Å². The lowest BCUT2D eigenvalue weighted by Crippen LogP contribution is -2.30. The van der Waals surface area contributed by atoms with Crippen LogP contribution >= 0.6 is 0 Å². The summed E-state index contributed by atoms with van der Waals surface area (Å²) in [4.78, 5) is 38.4. The van der Waals surface area contributed by atoms with Gasteiger partial charge in [0.1, 0.15) is 13.2 Å². The molecule has 0 aliphatic heterocycles. The Morgan fingerprint density at radius 3 is 0.812 bits per heavy atom. The summed E-state index contributed by atoms with van der Waals surface area (Å²) in [5.74, 6) is -0.965. The molecule has 0 rings (SSSR count). The van der Waals surface area contributed by atoms with Crippen molar-refractivity contribution in [1.29, 1.82) is 0 Å². The van der Waals surface area contributed by atoms with E-state index in [-0.39, 0.29) is 37.5 Å². The van der Waals surface area contributed by atoms with E-state index in [9.17, 15) is 14.4 Å². The van der Waals surface area contributed by atoms with E-state index in [1.807, 2.05) is 0 Å². The van der Waals surface area contributed by atoms with Crippen LogP contribution in [0.15, 0.2) is 109 Å². The number of hydrogen-bond acceptors (Lipinski definition) is 6. The van der Waals surface area contributed by atoms with Gasteiger partial charge in [0.2, 0.25) is 0 Å². The van der Waals surface area contributed by atoms with E-state index in [0.29, 0.717) is 19.3 Å². The molecule has 0 spiro atoms. The van der Waals surface area contributed by atoms with E-state index in [1.54, 1.807) is 0 Å². The maximum Gasteiger partial charge on any atom is 0.306 e. The summed E-state index contributed by atoms with van der Waals surface area (Å²) in [5, 5.41) is 0. The molecular weight excluding hydrogens is 985 g/mol. The summed E-state index contributed by atoms with van der Waals surface area (Å²) in [6.45, 7) is 6.39. The minimum atomic E-state index is -0.811. The van der Waals surface area contributed by atoms with Crippen LogP contribution in [-0.2, 0) is 28.6 Å². The van der Waals surface area contributed by atoms with Crippen LogP contribution in [0.25, 0.3) is 0 Å². The first kappa shape index (κ1) is 76.1. The Labute approximate surface area is 495 Å². The molecule has 0 bridgehead atoms. The molecule has 0 amide bonds. The number of rotatable bonds is 61. The van der Waals surface area contributed by atoms with Gasteiger partial charge in [0.05, 0.1) is 0 Å². The van der Waals surface area contributed by atoms with E-state index in [0.717, 1.165) is 116 Å². The Kier molecular flexibility index (Phi) is 64.3. The summed E-state index contributed by atoms with van der Waals surface area (Å²) in [6, 6.07) is 0. The molecule has 0 aliphatic rings. The zero-order chi connectivity index (χ0) is 57.8. The fraction of sp³-hybridized carbons (Fsp3) is 0.716. The SMILES string of the molecule is CC/C=C\C/C=C\C/C=C\C/C=C\C/C=C\CCCC(=O)OCC(COC(=O)CCCCCCCCCCCCCCCCCCCCCCCCCCCC)OC(=O)CCCCCCCC/C=C\C/C=C\C/C=C\C/C=C\CC. The molecule has 0 saturated carbocycles. The molecular formula is C74H126O6. The van der Waals surface area contributed by atoms with Crippen molar-refractivity contribution in [3.63, 3.8) is 0 Å². The van der Waals surface area contributed by atoms with Gasteiger partial charge in [-0.1, -0.05) is 316 Å². The van der Waals surface area contributed by atoms with Crippen LogP contribution in [0.4, 0.5) is 0 Å². The molecule has 6 nitrogen and oxygen atoms in total. The summed E-state index contributed by atoms with van der Waals surface area (Å²) in [7, 11) is 0. The standard InChI is InChI=1S/C74H126O6/c1-4-7-10-13-16-19-22-25-28-31-33-34-35-36-37-38-39-41-43-46-49-52-55-58-61-64-67-73(76)79-70-71(69-78-72(75)66-63-60-57-54-51-48-45-42-30-27-24-21-18-15-12-9-6-3)80-74(77)68-65-62-59-56-53-50-47-44-40-32-29-26-23-20-17-14-11-8-5-2/h8-9,11-12,17-18,20-21,26-27,29-30,40,44-45,48,54,57,71H,4-7,10,13-16,19,22-25,28,31-39,41-43,46-47,49-53,55-56,58-70H2,1-3H3/b11-8-,12-9-,20-17-,21-18-,29-26-,30-27-,44-40-,48-45-,57-54-. The van der Waals surface area contributed by atoms with Crippen molar-refractivity contribution in [2.45, 2.75) is 329 Å². The molecule has 1 unspecified atom stereocenters. The first-order valence-electron chi connectivity index (χ1n) is 33.9. The minimum Gasteiger partial charge on any atom is -0.462 e. The zero-order valence-corrected chi connectivity index (χ0v) is 52.6. The number of ether oxygens (including phenoxy) is 3. The number of carbonyl (C=O) groups is 3. The highest BCUT2D eigenvalue weighted by atomic mass is 16.6. The molecule has 0 aromatic heterocycles. The Hall–Kier alpha value is -3.93. The lowest BCUT2D eigenvalue weighted by Gasteiger charge is -2.18. The molecule has 0 aromatic rings. The van der Waals surface area contributed by atoms with Gasteiger partial charge in [-0.05, 0) is 96.3 Å². The molecule has 0 radical (unpaired) electrons. The monoisotopic (exact) mass is 1110 g/mol. The predicted molar refractivity (Wildman–Crippen MR) is 348 cm³/mol. The van der Waals surface area contributed by atoms with Crippen molar-refractivity contribution in [1.82, 2.24) is 0 Å². The molecule has 6 heteroatoms. The zero-order valence-electron chi connectivity index (χ0n) is 52.6. The minimum absolute atomic E-state index is 0.101. The van der Waals surface area contributed by atoms with E-state index in [4.69, 9.17) is 14.2 Å². The maximum absolute atomic E-state index is 12.9. The van der Waals surface area contributed by atoms with Gasteiger partial charge in [0.25, 0.3) is 0 Å². The molecule has 0 N–H and O–H groups in total. The second kappa shape index (κ2) is 67.6. The van der Waals surface area contributed by atoms with Gasteiger partial charge in [-0.3, -0.25) is 14.4 Å². The van der Waals surface area contributed by atoms with E-state index >= 15 is 0 Å². The Morgan fingerprint density at radius 2 is 0.500 bits per heavy atom. The molecule has 458 valence electrons. The van der Waals surface area contributed by atoms with Crippen LogP contribution in [0, 0.1) is 0 Å². The van der Waals surface area contributed by atoms with Crippen LogP contribution in [0.2, 0.25) is 0 Å². The van der Waals surface area contributed by atoms with Crippen molar-refractivity contribution < 1.29 is 28.6 Å². The van der Waals surface area contributed by atoms with Crippen LogP contribution < -0.4 is 0 Å². The van der Waals surface area contributed by atoms with Crippen molar-refractivity contribution >= 4 is 17.9 Å². The smallest absolute Gasteiger partial charge is 0.306 e. The van der Waals surface area contributed by atoms with Gasteiger partial charge in [0, 0.05) is 19.3 Å². The topological polar surface area (TPSA) is 78.9 Å². The average Bonchev–Trinajstić information content (AvgIpc) is 3.46. The second-order valence-electron chi connectivity index (χ2n) is 22.3. The first-order valence-corrected chi connectivity index (χ1v) is 33.9. The molecule has 0 aliphatic carbocycles. The van der Waals surface area contributed by atoms with Gasteiger partial charge in [-0.25, -0.2) is 0 Å². The van der Waals surface area contributed by atoms with Crippen molar-refractivity contribution in [2.75, 3.05) is 13.2 Å². The van der Waals surface area contributed by atoms with Crippen molar-refractivity contribution in [3.05, 3.63) is 109 Å². The summed E-state index contributed by atoms with van der Waals surface area (Å²) in [6.07, 6.45) is 92.6. The van der Waals surface area contributed by atoms with Gasteiger partial charge in [-0.2, -0.15) is 0 Å². The highest BCUT2D eigenvalue weighted by Crippen LogP contribution is 2.17. The average molecular weight is 1110 g/mol. The largest absolute Gasteiger partial charge is 0.462 e. The lowest BCUT2D eigenvalue weighted by molar-refractivity contribution is -0.167. The van der Waals surface area contributed by atoms with Crippen LogP contribution in [-0.4, -0.2) is 37.2 Å². The highest BCUT2D eigenvalue weighted by Gasteiger charge is 2.19. The second-order valence-corrected chi connectivity index (χ2v) is 22.3. The van der Waals surface area contributed by atoms with E-state index in [2.05, 4.69) is 130 Å². The van der Waals surface area contributed by atoms with E-state index < -0.39 is 6.10 Å². The van der Waals surface area contributed by atoms with Gasteiger partial charge < -0.3 is 14.2 Å². The number of unbranched alkanes of at least 4 members (excludes halogenated alkanes) is 32. The molecule has 0 saturated heterocycles. The molecule has 1 atom stereocenters. The molecule has 80 heavy (non-hydrogen) atoms. The summed E-state index contributed by atoms with van der Waals surface area (Å²) in [5.41, 5.74) is 0. The van der Waals surface area contributed by atoms with Crippen LogP contribution in [0.1, 0.15) is 323 Å². The fourth-order valence-electron chi connectivity index (χ4n) is 9.53. The number of esters is 3. The van der Waals surface area contributed by atoms with Crippen molar-refractivity contribution in [2.24, 2.45) is 0 Å². The number of carbonyl (C=O) groups excluding carboxylic acids is 3.